The molecular formula is C10H10ClN5O. The molecule has 7 heteroatoms. The summed E-state index contributed by atoms with van der Waals surface area (Å²) in [7, 11) is 1.41. The van der Waals surface area contributed by atoms with Crippen molar-refractivity contribution in [2.24, 2.45) is 5.73 Å². The van der Waals surface area contributed by atoms with Gasteiger partial charge in [0.15, 0.2) is 11.8 Å². The van der Waals surface area contributed by atoms with E-state index in [1.54, 1.807) is 18.2 Å². The second-order valence-electron chi connectivity index (χ2n) is 3.50. The molecule has 2 rings (SSSR count). The average molecular weight is 252 g/mol. The molecule has 0 bridgehead atoms. The number of nitrogens with zero attached hydrogens (tertiary/aromatic N) is 2. The van der Waals surface area contributed by atoms with Crippen LogP contribution >= 0.6 is 11.6 Å². The van der Waals surface area contributed by atoms with Crippen LogP contribution in [0.5, 0.6) is 0 Å². The molecule has 2 aromatic rings. The highest BCUT2D eigenvalue weighted by molar-refractivity contribution is 6.31. The fourth-order valence-corrected chi connectivity index (χ4v) is 1.52. The third-order valence-corrected chi connectivity index (χ3v) is 2.55. The summed E-state index contributed by atoms with van der Waals surface area (Å²) in [5.74, 6) is -0.682. The molecule has 1 aromatic carbocycles. The van der Waals surface area contributed by atoms with Crippen molar-refractivity contribution in [3.05, 3.63) is 29.0 Å². The molecule has 1 amide bonds. The van der Waals surface area contributed by atoms with Gasteiger partial charge in [0.1, 0.15) is 0 Å². The van der Waals surface area contributed by atoms with Crippen LogP contribution < -0.4 is 5.73 Å². The summed E-state index contributed by atoms with van der Waals surface area (Å²) < 4.78 is 0. The van der Waals surface area contributed by atoms with E-state index in [4.69, 9.17) is 22.7 Å². The van der Waals surface area contributed by atoms with Crippen molar-refractivity contribution >= 4 is 34.5 Å². The average Bonchev–Trinajstić information content (AvgIpc) is 2.69. The molecule has 1 heterocycles. The number of nitrogens with one attached hydrogen (secondary N) is 2. The van der Waals surface area contributed by atoms with Crippen molar-refractivity contribution < 1.29 is 4.79 Å². The van der Waals surface area contributed by atoms with Crippen molar-refractivity contribution in [1.29, 1.82) is 5.41 Å². The Kier molecular flexibility index (Phi) is 2.72. The third kappa shape index (κ3) is 2.07. The number of carbonyl (C=O) groups excluding carboxylic acids is 1. The predicted octanol–water partition coefficient (Wildman–Crippen LogP) is 1.18. The minimum Gasteiger partial charge on any atom is -0.370 e. The number of benzene rings is 1. The fourth-order valence-electron chi connectivity index (χ4n) is 1.35. The maximum Gasteiger partial charge on any atom is 0.296 e. The zero-order valence-electron chi connectivity index (χ0n) is 8.99. The quantitative estimate of drug-likeness (QED) is 0.524. The summed E-state index contributed by atoms with van der Waals surface area (Å²) in [6.07, 6.45) is 0. The number of halogens is 1. The van der Waals surface area contributed by atoms with Crippen LogP contribution in [0.15, 0.2) is 18.2 Å². The SMILES string of the molecule is CN(C(=N)N)C(=O)c1nc2ccc(Cl)cc2[nH]1. The first kappa shape index (κ1) is 11.4. The molecule has 88 valence electrons. The molecule has 0 atom stereocenters. The first-order valence-electron chi connectivity index (χ1n) is 4.76. The standard InChI is InChI=1S/C10H10ClN5O/c1-16(10(12)13)9(17)8-14-6-3-2-5(11)4-7(6)15-8/h2-4H,1H3,(H3,12,13)(H,14,15). The summed E-state index contributed by atoms with van der Waals surface area (Å²) >= 11 is 5.82. The van der Waals surface area contributed by atoms with Gasteiger partial charge >= 0.3 is 0 Å². The number of fused-ring (bicyclic) bond motifs is 1. The first-order chi connectivity index (χ1) is 7.99. The molecule has 0 saturated carbocycles. The lowest BCUT2D eigenvalue weighted by atomic mass is 10.3. The van der Waals surface area contributed by atoms with Crippen LogP contribution in [0.3, 0.4) is 0 Å². The van der Waals surface area contributed by atoms with Crippen molar-refractivity contribution in [3.8, 4) is 0 Å². The number of hydrogen-bond acceptors (Lipinski definition) is 3. The highest BCUT2D eigenvalue weighted by Crippen LogP contribution is 2.17. The maximum atomic E-state index is 11.8. The lowest BCUT2D eigenvalue weighted by Crippen LogP contribution is -2.38. The van der Waals surface area contributed by atoms with Crippen LogP contribution in [0.1, 0.15) is 10.6 Å². The molecule has 0 aliphatic heterocycles. The molecule has 1 aromatic heterocycles. The highest BCUT2D eigenvalue weighted by Gasteiger charge is 2.17. The van der Waals surface area contributed by atoms with Gasteiger partial charge in [-0.1, -0.05) is 11.6 Å². The van der Waals surface area contributed by atoms with E-state index < -0.39 is 5.91 Å². The smallest absolute Gasteiger partial charge is 0.296 e. The number of aromatic nitrogens is 2. The highest BCUT2D eigenvalue weighted by atomic mass is 35.5. The van der Waals surface area contributed by atoms with Gasteiger partial charge in [0.25, 0.3) is 5.91 Å². The Bertz CT molecular complexity index is 606. The number of imidazole rings is 1. The van der Waals surface area contributed by atoms with Gasteiger partial charge in [0, 0.05) is 12.1 Å². The number of nitrogens with two attached hydrogens (primary N) is 1. The van der Waals surface area contributed by atoms with E-state index in [1.165, 1.54) is 7.05 Å². The zero-order chi connectivity index (χ0) is 12.6. The van der Waals surface area contributed by atoms with E-state index >= 15 is 0 Å². The number of aromatic amines is 1. The number of hydrogen-bond donors (Lipinski definition) is 3. The van der Waals surface area contributed by atoms with E-state index in [2.05, 4.69) is 9.97 Å². The number of guanidine groups is 1. The van der Waals surface area contributed by atoms with E-state index in [1.807, 2.05) is 0 Å². The molecule has 0 fully saturated rings. The summed E-state index contributed by atoms with van der Waals surface area (Å²) in [6.45, 7) is 0. The monoisotopic (exact) mass is 251 g/mol. The molecule has 0 aliphatic carbocycles. The van der Waals surface area contributed by atoms with E-state index in [-0.39, 0.29) is 11.8 Å². The molecule has 0 unspecified atom stereocenters. The van der Waals surface area contributed by atoms with Crippen LogP contribution in [0.4, 0.5) is 0 Å². The molecule has 0 aliphatic rings. The molecule has 0 saturated heterocycles. The Morgan fingerprint density at radius 3 is 2.94 bits per heavy atom. The van der Waals surface area contributed by atoms with Crippen LogP contribution in [0.2, 0.25) is 5.02 Å². The minimum absolute atomic E-state index is 0.125. The van der Waals surface area contributed by atoms with Crippen LogP contribution in [-0.4, -0.2) is 33.8 Å². The Morgan fingerprint density at radius 1 is 1.59 bits per heavy atom. The first-order valence-corrected chi connectivity index (χ1v) is 5.14. The number of carbonyl (C=O) groups is 1. The van der Waals surface area contributed by atoms with Crippen LogP contribution in [-0.2, 0) is 0 Å². The fraction of sp³-hybridized carbons (Fsp3) is 0.100. The summed E-state index contributed by atoms with van der Waals surface area (Å²) in [6, 6.07) is 5.07. The molecule has 17 heavy (non-hydrogen) atoms. The van der Waals surface area contributed by atoms with E-state index in [0.29, 0.717) is 16.1 Å². The van der Waals surface area contributed by atoms with E-state index in [9.17, 15) is 4.79 Å². The normalized spacial score (nSPS) is 10.5. The van der Waals surface area contributed by atoms with Gasteiger partial charge in [0.05, 0.1) is 11.0 Å². The van der Waals surface area contributed by atoms with Gasteiger partial charge in [0.2, 0.25) is 0 Å². The molecule has 6 nitrogen and oxygen atoms in total. The van der Waals surface area contributed by atoms with Gasteiger partial charge in [-0.15, -0.1) is 0 Å². The topological polar surface area (TPSA) is 98.9 Å². The third-order valence-electron chi connectivity index (χ3n) is 2.31. The molecule has 0 radical (unpaired) electrons. The van der Waals surface area contributed by atoms with Crippen molar-refractivity contribution in [2.75, 3.05) is 7.05 Å². The predicted molar refractivity (Wildman–Crippen MR) is 65.1 cm³/mol. The zero-order valence-corrected chi connectivity index (χ0v) is 9.75. The Hall–Kier alpha value is -2.08. The van der Waals surface area contributed by atoms with Crippen LogP contribution in [0, 0.1) is 5.41 Å². The lowest BCUT2D eigenvalue weighted by molar-refractivity contribution is 0.0859. The Morgan fingerprint density at radius 2 is 2.29 bits per heavy atom. The largest absolute Gasteiger partial charge is 0.370 e. The van der Waals surface area contributed by atoms with Gasteiger partial charge in [-0.05, 0) is 18.2 Å². The lowest BCUT2D eigenvalue weighted by Gasteiger charge is -2.11. The van der Waals surface area contributed by atoms with Crippen molar-refractivity contribution in [2.45, 2.75) is 0 Å². The Labute approximate surface area is 102 Å². The maximum absolute atomic E-state index is 11.8. The minimum atomic E-state index is -0.468. The van der Waals surface area contributed by atoms with Gasteiger partial charge in [-0.2, -0.15) is 0 Å². The summed E-state index contributed by atoms with van der Waals surface area (Å²) in [5, 5.41) is 7.72. The second-order valence-corrected chi connectivity index (χ2v) is 3.93. The summed E-state index contributed by atoms with van der Waals surface area (Å²) in [4.78, 5) is 19.8. The molecule has 0 spiro atoms. The Balaban J connectivity index is 2.43. The van der Waals surface area contributed by atoms with Crippen LogP contribution in [0.25, 0.3) is 11.0 Å². The molecule has 4 N–H and O–H groups in total. The number of H-pyrrole nitrogens is 1. The summed E-state index contributed by atoms with van der Waals surface area (Å²) in [5.41, 5.74) is 6.52. The molecular weight excluding hydrogens is 242 g/mol. The van der Waals surface area contributed by atoms with Crippen molar-refractivity contribution in [1.82, 2.24) is 14.9 Å². The van der Waals surface area contributed by atoms with Crippen molar-refractivity contribution in [3.63, 3.8) is 0 Å². The van der Waals surface area contributed by atoms with Gasteiger partial charge in [-0.3, -0.25) is 15.1 Å². The second kappa shape index (κ2) is 4.06. The number of amides is 1. The van der Waals surface area contributed by atoms with Gasteiger partial charge < -0.3 is 10.7 Å². The van der Waals surface area contributed by atoms with Gasteiger partial charge in [-0.25, -0.2) is 4.98 Å². The van der Waals surface area contributed by atoms with E-state index in [0.717, 1.165) is 4.90 Å². The number of rotatable bonds is 1.